The van der Waals surface area contributed by atoms with Gasteiger partial charge in [0.2, 0.25) is 11.8 Å². The molecule has 2 heterocycles. The molecule has 0 saturated carbocycles. The highest BCUT2D eigenvalue weighted by Gasteiger charge is 2.50. The Labute approximate surface area is 170 Å². The summed E-state index contributed by atoms with van der Waals surface area (Å²) in [6.45, 7) is 1.89. The van der Waals surface area contributed by atoms with Crippen LogP contribution in [0.1, 0.15) is 23.2 Å². The highest BCUT2D eigenvalue weighted by atomic mass is 16.2. The third kappa shape index (κ3) is 3.51. The molecule has 0 spiro atoms. The van der Waals surface area contributed by atoms with Gasteiger partial charge in [-0.25, -0.2) is 0 Å². The molecular formula is C24H23N3O2. The van der Waals surface area contributed by atoms with Crippen molar-refractivity contribution in [3.8, 4) is 0 Å². The lowest BCUT2D eigenvalue weighted by Gasteiger charge is -2.28. The molecule has 146 valence electrons. The predicted molar refractivity (Wildman–Crippen MR) is 114 cm³/mol. The average Bonchev–Trinajstić information content (AvgIpc) is 2.93. The molecule has 1 atom stereocenters. The SMILES string of the molecule is Cc1ccc(NC(=O)CC2(Cc3ccccc3)C(=O)N(C)c3ccccc32)cn1. The van der Waals surface area contributed by atoms with E-state index in [0.717, 1.165) is 22.5 Å². The number of amides is 2. The normalized spacial score (nSPS) is 17.9. The Kier molecular flexibility index (Phi) is 4.89. The lowest BCUT2D eigenvalue weighted by Crippen LogP contribution is -2.43. The molecule has 1 unspecified atom stereocenters. The molecule has 5 heteroatoms. The van der Waals surface area contributed by atoms with Crippen molar-refractivity contribution >= 4 is 23.2 Å². The van der Waals surface area contributed by atoms with Gasteiger partial charge >= 0.3 is 0 Å². The average molecular weight is 385 g/mol. The van der Waals surface area contributed by atoms with Gasteiger partial charge in [0.1, 0.15) is 0 Å². The van der Waals surface area contributed by atoms with Crippen molar-refractivity contribution in [3.63, 3.8) is 0 Å². The number of nitrogens with one attached hydrogen (secondary N) is 1. The van der Waals surface area contributed by atoms with Gasteiger partial charge in [-0.3, -0.25) is 14.6 Å². The van der Waals surface area contributed by atoms with Crippen LogP contribution in [0.2, 0.25) is 0 Å². The smallest absolute Gasteiger partial charge is 0.238 e. The molecule has 5 nitrogen and oxygen atoms in total. The molecule has 1 N–H and O–H groups in total. The van der Waals surface area contributed by atoms with Gasteiger partial charge in [-0.2, -0.15) is 0 Å². The summed E-state index contributed by atoms with van der Waals surface area (Å²) in [5.41, 5.74) is 3.35. The molecule has 0 aliphatic carbocycles. The van der Waals surface area contributed by atoms with Crippen molar-refractivity contribution in [3.05, 3.63) is 89.7 Å². The van der Waals surface area contributed by atoms with Gasteiger partial charge in [0.15, 0.2) is 0 Å². The zero-order chi connectivity index (χ0) is 20.4. The van der Waals surface area contributed by atoms with Crippen LogP contribution in [0.3, 0.4) is 0 Å². The number of hydrogen-bond acceptors (Lipinski definition) is 3. The van der Waals surface area contributed by atoms with Crippen molar-refractivity contribution in [2.45, 2.75) is 25.2 Å². The maximum absolute atomic E-state index is 13.5. The summed E-state index contributed by atoms with van der Waals surface area (Å²) in [5.74, 6) is -0.259. The van der Waals surface area contributed by atoms with E-state index in [9.17, 15) is 9.59 Å². The number of hydrogen-bond donors (Lipinski definition) is 1. The summed E-state index contributed by atoms with van der Waals surface area (Å²) in [4.78, 5) is 32.3. The van der Waals surface area contributed by atoms with Crippen LogP contribution in [-0.4, -0.2) is 23.8 Å². The van der Waals surface area contributed by atoms with E-state index in [1.54, 1.807) is 18.1 Å². The Morgan fingerprint density at radius 1 is 1.03 bits per heavy atom. The zero-order valence-corrected chi connectivity index (χ0v) is 16.6. The van der Waals surface area contributed by atoms with Crippen molar-refractivity contribution in [1.82, 2.24) is 4.98 Å². The van der Waals surface area contributed by atoms with E-state index < -0.39 is 5.41 Å². The summed E-state index contributed by atoms with van der Waals surface area (Å²) < 4.78 is 0. The zero-order valence-electron chi connectivity index (χ0n) is 16.6. The van der Waals surface area contributed by atoms with E-state index in [-0.39, 0.29) is 18.2 Å². The monoisotopic (exact) mass is 385 g/mol. The van der Waals surface area contributed by atoms with Crippen LogP contribution in [0.4, 0.5) is 11.4 Å². The number of fused-ring (bicyclic) bond motifs is 1. The van der Waals surface area contributed by atoms with Gasteiger partial charge < -0.3 is 10.2 Å². The van der Waals surface area contributed by atoms with E-state index in [1.165, 1.54) is 0 Å². The number of carbonyl (C=O) groups is 2. The standard InChI is InChI=1S/C24H23N3O2/c1-17-12-13-19(16-25-17)26-22(28)15-24(14-18-8-4-3-5-9-18)20-10-6-7-11-21(20)27(2)23(24)29/h3-13,16H,14-15H2,1-2H3,(H,26,28). The molecular weight excluding hydrogens is 362 g/mol. The minimum absolute atomic E-state index is 0.0558. The third-order valence-electron chi connectivity index (χ3n) is 5.50. The highest BCUT2D eigenvalue weighted by Crippen LogP contribution is 2.45. The first-order valence-corrected chi connectivity index (χ1v) is 9.64. The molecule has 0 saturated heterocycles. The highest BCUT2D eigenvalue weighted by molar-refractivity contribution is 6.10. The summed E-state index contributed by atoms with van der Waals surface area (Å²) >= 11 is 0. The summed E-state index contributed by atoms with van der Waals surface area (Å²) in [7, 11) is 1.77. The molecule has 3 aromatic rings. The van der Waals surface area contributed by atoms with Crippen molar-refractivity contribution in [2.75, 3.05) is 17.3 Å². The van der Waals surface area contributed by atoms with Crippen molar-refractivity contribution in [1.29, 1.82) is 0 Å². The Morgan fingerprint density at radius 3 is 2.48 bits per heavy atom. The van der Waals surface area contributed by atoms with Gasteiger partial charge in [0, 0.05) is 24.8 Å². The van der Waals surface area contributed by atoms with Crippen LogP contribution < -0.4 is 10.2 Å². The second kappa shape index (κ2) is 7.51. The van der Waals surface area contributed by atoms with Crippen molar-refractivity contribution in [2.24, 2.45) is 0 Å². The maximum atomic E-state index is 13.5. The second-order valence-electron chi connectivity index (χ2n) is 7.54. The van der Waals surface area contributed by atoms with Gasteiger partial charge in [-0.15, -0.1) is 0 Å². The van der Waals surface area contributed by atoms with Crippen LogP contribution in [0, 0.1) is 6.92 Å². The lowest BCUT2D eigenvalue weighted by molar-refractivity contribution is -0.127. The summed E-state index contributed by atoms with van der Waals surface area (Å²) in [6, 6.07) is 21.2. The number of rotatable bonds is 5. The minimum atomic E-state index is -0.936. The molecule has 4 rings (SSSR count). The molecule has 0 fully saturated rings. The summed E-state index contributed by atoms with van der Waals surface area (Å²) in [5, 5.41) is 2.90. The minimum Gasteiger partial charge on any atom is -0.325 e. The molecule has 1 aliphatic rings. The van der Waals surface area contributed by atoms with Crippen molar-refractivity contribution < 1.29 is 9.59 Å². The van der Waals surface area contributed by atoms with E-state index in [1.807, 2.05) is 73.7 Å². The van der Waals surface area contributed by atoms with Gasteiger partial charge in [0.05, 0.1) is 17.3 Å². The number of para-hydroxylation sites is 1. The number of aryl methyl sites for hydroxylation is 1. The van der Waals surface area contributed by atoms with Crippen LogP contribution in [-0.2, 0) is 21.4 Å². The lowest BCUT2D eigenvalue weighted by atomic mass is 9.73. The Morgan fingerprint density at radius 2 is 1.76 bits per heavy atom. The van der Waals surface area contributed by atoms with Gasteiger partial charge in [-0.1, -0.05) is 48.5 Å². The number of likely N-dealkylation sites (N-methyl/N-ethyl adjacent to an activating group) is 1. The molecule has 2 aromatic carbocycles. The third-order valence-corrected chi connectivity index (χ3v) is 5.50. The second-order valence-corrected chi connectivity index (χ2v) is 7.54. The van der Waals surface area contributed by atoms with Gasteiger partial charge in [0.25, 0.3) is 0 Å². The largest absolute Gasteiger partial charge is 0.325 e. The maximum Gasteiger partial charge on any atom is 0.238 e. The number of pyridine rings is 1. The fourth-order valence-electron chi connectivity index (χ4n) is 4.09. The van der Waals surface area contributed by atoms with E-state index in [4.69, 9.17) is 0 Å². The fraction of sp³-hybridized carbons (Fsp3) is 0.208. The van der Waals surface area contributed by atoms with Crippen LogP contribution in [0.5, 0.6) is 0 Å². The first kappa shape index (κ1) is 18.9. The van der Waals surface area contributed by atoms with Crippen LogP contribution >= 0.6 is 0 Å². The van der Waals surface area contributed by atoms with Gasteiger partial charge in [-0.05, 0) is 42.7 Å². The fourth-order valence-corrected chi connectivity index (χ4v) is 4.09. The predicted octanol–water partition coefficient (Wildman–Crippen LogP) is 3.88. The molecule has 2 amide bonds. The number of carbonyl (C=O) groups excluding carboxylic acids is 2. The van der Waals surface area contributed by atoms with Crippen LogP contribution in [0.15, 0.2) is 72.9 Å². The topological polar surface area (TPSA) is 62.3 Å². The molecule has 1 aliphatic heterocycles. The molecule has 1 aromatic heterocycles. The number of benzene rings is 2. The van der Waals surface area contributed by atoms with E-state index in [2.05, 4.69) is 10.3 Å². The Hall–Kier alpha value is -3.47. The van der Waals surface area contributed by atoms with Crippen LogP contribution in [0.25, 0.3) is 0 Å². The first-order valence-electron chi connectivity index (χ1n) is 9.64. The number of anilines is 2. The number of nitrogens with zero attached hydrogens (tertiary/aromatic N) is 2. The summed E-state index contributed by atoms with van der Waals surface area (Å²) in [6.07, 6.45) is 2.16. The first-order chi connectivity index (χ1) is 14.0. The molecule has 0 radical (unpaired) electrons. The Bertz CT molecular complexity index is 1050. The number of aromatic nitrogens is 1. The quantitative estimate of drug-likeness (QED) is 0.725. The van der Waals surface area contributed by atoms with E-state index >= 15 is 0 Å². The molecule has 0 bridgehead atoms. The Balaban J connectivity index is 1.70. The molecule has 29 heavy (non-hydrogen) atoms. The van der Waals surface area contributed by atoms with E-state index in [0.29, 0.717) is 12.1 Å².